The number of hydrogen-bond acceptors (Lipinski definition) is 3. The zero-order valence-corrected chi connectivity index (χ0v) is 19.6. The van der Waals surface area contributed by atoms with Crippen LogP contribution >= 0.6 is 0 Å². The van der Waals surface area contributed by atoms with Crippen molar-refractivity contribution in [3.05, 3.63) is 0 Å². The lowest BCUT2D eigenvalue weighted by Crippen LogP contribution is -2.61. The zero-order chi connectivity index (χ0) is 21.4. The first-order valence-corrected chi connectivity index (χ1v) is 11.9. The highest BCUT2D eigenvalue weighted by Crippen LogP contribution is 2.66. The highest BCUT2D eigenvalue weighted by molar-refractivity contribution is 5.77. The highest BCUT2D eigenvalue weighted by Gasteiger charge is 2.63. The van der Waals surface area contributed by atoms with Gasteiger partial charge in [0, 0.05) is 24.9 Å². The van der Waals surface area contributed by atoms with E-state index in [0.717, 1.165) is 19.3 Å². The molecular formula is C25H41NO3. The predicted molar refractivity (Wildman–Crippen MR) is 114 cm³/mol. The van der Waals surface area contributed by atoms with Gasteiger partial charge < -0.3 is 9.64 Å². The van der Waals surface area contributed by atoms with Crippen LogP contribution < -0.4 is 0 Å². The van der Waals surface area contributed by atoms with E-state index in [9.17, 15) is 9.59 Å². The lowest BCUT2D eigenvalue weighted by atomic mass is 9.47. The van der Waals surface area contributed by atoms with E-state index < -0.39 is 5.41 Å². The average molecular weight is 404 g/mol. The first-order valence-electron chi connectivity index (χ1n) is 11.9. The van der Waals surface area contributed by atoms with Crippen molar-refractivity contribution < 1.29 is 14.3 Å². The van der Waals surface area contributed by atoms with Crippen molar-refractivity contribution in [3.8, 4) is 0 Å². The van der Waals surface area contributed by atoms with E-state index in [-0.39, 0.29) is 22.9 Å². The largest absolute Gasteiger partial charge is 0.461 e. The molecule has 0 radical (unpaired) electrons. The van der Waals surface area contributed by atoms with Crippen molar-refractivity contribution in [3.63, 3.8) is 0 Å². The van der Waals surface area contributed by atoms with Crippen LogP contribution in [0.4, 0.5) is 0 Å². The van der Waals surface area contributed by atoms with Crippen molar-refractivity contribution in [1.82, 2.24) is 4.90 Å². The Morgan fingerprint density at radius 3 is 2.41 bits per heavy atom. The minimum absolute atomic E-state index is 0.0429. The fraction of sp³-hybridized carbons (Fsp3) is 0.920. The van der Waals surface area contributed by atoms with E-state index in [4.69, 9.17) is 4.74 Å². The van der Waals surface area contributed by atoms with E-state index >= 15 is 0 Å². The molecular weight excluding hydrogens is 362 g/mol. The summed E-state index contributed by atoms with van der Waals surface area (Å²) in [6, 6.07) is 0.405. The number of carbonyl (C=O) groups excluding carboxylic acids is 2. The summed E-state index contributed by atoms with van der Waals surface area (Å²) >= 11 is 0. The number of piperidine rings is 1. The molecule has 0 aromatic carbocycles. The second-order valence-electron chi connectivity index (χ2n) is 12.3. The van der Waals surface area contributed by atoms with Crippen LogP contribution in [0.1, 0.15) is 86.5 Å². The third-order valence-corrected chi connectivity index (χ3v) is 9.63. The lowest BCUT2D eigenvalue weighted by Gasteiger charge is -2.61. The average Bonchev–Trinajstić information content (AvgIpc) is 2.89. The Balaban J connectivity index is 1.59. The molecule has 3 saturated carbocycles. The summed E-state index contributed by atoms with van der Waals surface area (Å²) in [5.74, 6) is 2.74. The number of rotatable bonds is 1. The molecule has 4 rings (SSSR count). The summed E-state index contributed by atoms with van der Waals surface area (Å²) < 4.78 is 6.21. The maximum absolute atomic E-state index is 12.7. The molecule has 0 unspecified atom stereocenters. The molecule has 4 nitrogen and oxygen atoms in total. The van der Waals surface area contributed by atoms with Gasteiger partial charge in [-0.3, -0.25) is 9.59 Å². The second kappa shape index (κ2) is 6.72. The number of esters is 1. The van der Waals surface area contributed by atoms with E-state index in [1.165, 1.54) is 19.3 Å². The Hall–Kier alpha value is -1.06. The molecule has 0 aromatic heterocycles. The molecule has 29 heavy (non-hydrogen) atoms. The summed E-state index contributed by atoms with van der Waals surface area (Å²) in [4.78, 5) is 27.1. The molecule has 0 aromatic rings. The molecule has 0 N–H and O–H groups in total. The number of hydrogen-bond donors (Lipinski definition) is 0. The molecule has 1 saturated heterocycles. The molecule has 8 atom stereocenters. The van der Waals surface area contributed by atoms with Crippen LogP contribution in [0.5, 0.6) is 0 Å². The first kappa shape index (κ1) is 21.2. The van der Waals surface area contributed by atoms with Gasteiger partial charge in [0.15, 0.2) is 0 Å². The van der Waals surface area contributed by atoms with Gasteiger partial charge in [0.05, 0.1) is 5.41 Å². The molecule has 0 spiro atoms. The van der Waals surface area contributed by atoms with Gasteiger partial charge in [0.2, 0.25) is 5.91 Å². The van der Waals surface area contributed by atoms with Crippen molar-refractivity contribution in [2.24, 2.45) is 39.9 Å². The van der Waals surface area contributed by atoms with Crippen molar-refractivity contribution in [1.29, 1.82) is 0 Å². The Kier molecular flexibility index (Phi) is 4.91. The summed E-state index contributed by atoms with van der Waals surface area (Å²) in [5, 5.41) is 0. The van der Waals surface area contributed by atoms with Crippen LogP contribution in [0.25, 0.3) is 0 Å². The maximum atomic E-state index is 12.7. The van der Waals surface area contributed by atoms with Gasteiger partial charge in [-0.1, -0.05) is 20.8 Å². The van der Waals surface area contributed by atoms with Crippen molar-refractivity contribution in [2.75, 3.05) is 7.05 Å². The number of amides is 1. The minimum atomic E-state index is -0.448. The van der Waals surface area contributed by atoms with E-state index in [1.807, 2.05) is 27.8 Å². The SMILES string of the molecule is C[C@H]1C[C@H]2[C@@H]3CC[C@H]4N(C)C(=O)CC[C@]4(C)[C@H]3CC[C@]2(C)[C@H]1OC(=O)C(C)(C)C. The third kappa shape index (κ3) is 3.07. The topological polar surface area (TPSA) is 46.6 Å². The standard InChI is InChI=1S/C25H41NO3/c1-15-14-18-16-8-9-19-24(5,13-11-20(27)26(19)7)17(16)10-12-25(18,6)21(15)29-22(28)23(2,3)4/h15-19,21H,8-14H2,1-7H3/t15-,16+,17-,18-,19+,21-,24+,25-/m0/s1. The molecule has 4 heteroatoms. The third-order valence-electron chi connectivity index (χ3n) is 9.63. The van der Waals surface area contributed by atoms with Gasteiger partial charge >= 0.3 is 5.97 Å². The quantitative estimate of drug-likeness (QED) is 0.575. The van der Waals surface area contributed by atoms with Gasteiger partial charge in [0.1, 0.15) is 6.10 Å². The van der Waals surface area contributed by atoms with Crippen molar-refractivity contribution in [2.45, 2.75) is 98.6 Å². The predicted octanol–water partition coefficient (Wildman–Crippen LogP) is 5.05. The van der Waals surface area contributed by atoms with Crippen LogP contribution in [0.2, 0.25) is 0 Å². The van der Waals surface area contributed by atoms with Crippen LogP contribution in [0.15, 0.2) is 0 Å². The van der Waals surface area contributed by atoms with Crippen LogP contribution in [-0.2, 0) is 14.3 Å². The Morgan fingerprint density at radius 1 is 1.07 bits per heavy atom. The van der Waals surface area contributed by atoms with Gasteiger partial charge in [-0.25, -0.2) is 0 Å². The Morgan fingerprint density at radius 2 is 1.76 bits per heavy atom. The Labute approximate surface area is 177 Å². The fourth-order valence-corrected chi connectivity index (χ4v) is 8.01. The molecule has 1 amide bonds. The molecule has 1 heterocycles. The number of carbonyl (C=O) groups is 2. The lowest BCUT2D eigenvalue weighted by molar-refractivity contribution is -0.176. The van der Waals surface area contributed by atoms with Crippen molar-refractivity contribution >= 4 is 11.9 Å². The van der Waals surface area contributed by atoms with Gasteiger partial charge in [-0.05, 0) is 88.4 Å². The summed E-state index contributed by atoms with van der Waals surface area (Å²) in [7, 11) is 2.03. The molecule has 4 fully saturated rings. The highest BCUT2D eigenvalue weighted by atomic mass is 16.5. The van der Waals surface area contributed by atoms with Gasteiger partial charge in [0.25, 0.3) is 0 Å². The molecule has 164 valence electrons. The summed E-state index contributed by atoms with van der Waals surface area (Å²) in [6.45, 7) is 13.0. The molecule has 3 aliphatic carbocycles. The minimum Gasteiger partial charge on any atom is -0.461 e. The number of ether oxygens (including phenoxy) is 1. The summed E-state index contributed by atoms with van der Waals surface area (Å²) in [6.07, 6.45) is 7.67. The van der Waals surface area contributed by atoms with E-state index in [1.54, 1.807) is 0 Å². The number of likely N-dealkylation sites (tertiary alicyclic amines) is 1. The molecule has 1 aliphatic heterocycles. The van der Waals surface area contributed by atoms with Gasteiger partial charge in [-0.15, -0.1) is 0 Å². The van der Waals surface area contributed by atoms with Crippen LogP contribution in [0, 0.1) is 39.9 Å². The number of nitrogens with zero attached hydrogens (tertiary/aromatic N) is 1. The van der Waals surface area contributed by atoms with Crippen LogP contribution in [0.3, 0.4) is 0 Å². The van der Waals surface area contributed by atoms with Gasteiger partial charge in [-0.2, -0.15) is 0 Å². The first-order chi connectivity index (χ1) is 13.4. The Bertz CT molecular complexity index is 697. The smallest absolute Gasteiger partial charge is 0.311 e. The fourth-order valence-electron chi connectivity index (χ4n) is 8.01. The second-order valence-corrected chi connectivity index (χ2v) is 12.3. The van der Waals surface area contributed by atoms with E-state index in [2.05, 4.69) is 25.7 Å². The zero-order valence-electron chi connectivity index (χ0n) is 19.6. The molecule has 4 aliphatic rings. The summed E-state index contributed by atoms with van der Waals surface area (Å²) in [5.41, 5.74) is -0.104. The van der Waals surface area contributed by atoms with E-state index in [0.29, 0.717) is 42.0 Å². The normalized spacial score (nSPS) is 47.3. The number of fused-ring (bicyclic) bond motifs is 5. The molecule has 0 bridgehead atoms. The van der Waals surface area contributed by atoms with Crippen LogP contribution in [-0.4, -0.2) is 36.0 Å². The maximum Gasteiger partial charge on any atom is 0.311 e. The monoisotopic (exact) mass is 403 g/mol.